The Labute approximate surface area is 85.8 Å². The number of aliphatic carboxylic acids is 2. The van der Waals surface area contributed by atoms with Crippen LogP contribution in [0.2, 0.25) is 0 Å². The summed E-state index contributed by atoms with van der Waals surface area (Å²) in [5.74, 6) is -3.44. The molecule has 0 aliphatic rings. The lowest BCUT2D eigenvalue weighted by molar-refractivity contribution is -0.148. The topological polar surface area (TPSA) is 145 Å². The summed E-state index contributed by atoms with van der Waals surface area (Å²) in [6.45, 7) is 0.775. The quantitative estimate of drug-likeness (QED) is 0.258. The molecule has 0 rings (SSSR count). The van der Waals surface area contributed by atoms with Crippen molar-refractivity contribution in [1.29, 1.82) is 5.41 Å². The molecule has 8 heteroatoms. The van der Waals surface area contributed by atoms with Crippen molar-refractivity contribution in [1.82, 2.24) is 4.90 Å². The van der Waals surface area contributed by atoms with Crippen LogP contribution in [-0.2, 0) is 14.4 Å². The number of guanidine groups is 1. The second kappa shape index (κ2) is 7.30. The van der Waals surface area contributed by atoms with Crippen LogP contribution in [0, 0.1) is 5.41 Å². The molecule has 0 aromatic rings. The zero-order valence-electron chi connectivity index (χ0n) is 8.35. The van der Waals surface area contributed by atoms with Crippen molar-refractivity contribution in [3.8, 4) is 0 Å². The van der Waals surface area contributed by atoms with E-state index in [1.54, 1.807) is 0 Å². The van der Waals surface area contributed by atoms with Gasteiger partial charge in [-0.25, -0.2) is 4.79 Å². The van der Waals surface area contributed by atoms with E-state index < -0.39 is 17.7 Å². The summed E-state index contributed by atoms with van der Waals surface area (Å²) < 4.78 is 0. The van der Waals surface area contributed by atoms with Gasteiger partial charge >= 0.3 is 11.9 Å². The molecule has 0 radical (unpaired) electrons. The molecule has 86 valence electrons. The summed E-state index contributed by atoms with van der Waals surface area (Å²) in [5, 5.41) is 22.5. The van der Waals surface area contributed by atoms with Gasteiger partial charge in [0.2, 0.25) is 5.78 Å². The molecular formula is C7H13N3O5. The van der Waals surface area contributed by atoms with E-state index >= 15 is 0 Å². The monoisotopic (exact) mass is 219 g/mol. The maximum absolute atomic E-state index is 9.92. The highest BCUT2D eigenvalue weighted by Crippen LogP contribution is 1.76. The van der Waals surface area contributed by atoms with Gasteiger partial charge in [-0.15, -0.1) is 0 Å². The standard InChI is InChI=1S/C4H9N3O2.C3H4O3/c1-7(4(5)6)2-3(8)9;1-2(4)3(5)6/h2H2,1H3,(H3,5,6)(H,8,9);1H3,(H,5,6). The van der Waals surface area contributed by atoms with Gasteiger partial charge in [-0.1, -0.05) is 0 Å². The number of hydrogen-bond acceptors (Lipinski definition) is 4. The molecule has 0 spiro atoms. The van der Waals surface area contributed by atoms with E-state index in [0.717, 1.165) is 11.8 Å². The van der Waals surface area contributed by atoms with Crippen LogP contribution in [0.5, 0.6) is 0 Å². The van der Waals surface area contributed by atoms with E-state index in [4.69, 9.17) is 21.4 Å². The predicted molar refractivity (Wildman–Crippen MR) is 50.5 cm³/mol. The number of nitrogens with zero attached hydrogens (tertiary/aromatic N) is 1. The van der Waals surface area contributed by atoms with E-state index in [2.05, 4.69) is 0 Å². The summed E-state index contributed by atoms with van der Waals surface area (Å²) in [4.78, 5) is 29.9. The number of likely N-dealkylation sites (N-methyl/N-ethyl adjacent to an activating group) is 1. The molecular weight excluding hydrogens is 206 g/mol. The van der Waals surface area contributed by atoms with Gasteiger partial charge in [0.05, 0.1) is 0 Å². The zero-order chi connectivity index (χ0) is 12.6. The average molecular weight is 219 g/mol. The molecule has 0 aromatic carbocycles. The first-order valence-corrected chi connectivity index (χ1v) is 3.69. The fourth-order valence-corrected chi connectivity index (χ4v) is 0.288. The molecule has 0 fully saturated rings. The molecule has 0 aliphatic heterocycles. The highest BCUT2D eigenvalue weighted by atomic mass is 16.4. The van der Waals surface area contributed by atoms with Crippen LogP contribution >= 0.6 is 0 Å². The highest BCUT2D eigenvalue weighted by Gasteiger charge is 2.03. The number of carbonyl (C=O) groups is 3. The highest BCUT2D eigenvalue weighted by molar-refractivity contribution is 6.31. The number of Topliss-reactive ketones (excluding diaryl/α,β-unsaturated/α-hetero) is 1. The molecule has 0 unspecified atom stereocenters. The fraction of sp³-hybridized carbons (Fsp3) is 0.429. The minimum atomic E-state index is -1.38. The van der Waals surface area contributed by atoms with Crippen molar-refractivity contribution >= 4 is 23.7 Å². The van der Waals surface area contributed by atoms with Crippen molar-refractivity contribution in [3.63, 3.8) is 0 Å². The Hall–Kier alpha value is -2.12. The van der Waals surface area contributed by atoms with Crippen molar-refractivity contribution in [2.45, 2.75) is 6.92 Å². The summed E-state index contributed by atoms with van der Waals surface area (Å²) in [7, 11) is 1.44. The molecule has 15 heavy (non-hydrogen) atoms. The van der Waals surface area contributed by atoms with Crippen LogP contribution in [-0.4, -0.2) is 52.4 Å². The van der Waals surface area contributed by atoms with Crippen LogP contribution in [0.25, 0.3) is 0 Å². The lowest BCUT2D eigenvalue weighted by Gasteiger charge is -2.12. The Balaban J connectivity index is 0. The summed E-state index contributed by atoms with van der Waals surface area (Å²) >= 11 is 0. The number of hydrogen-bond donors (Lipinski definition) is 4. The van der Waals surface area contributed by atoms with Crippen LogP contribution in [0.1, 0.15) is 6.92 Å². The largest absolute Gasteiger partial charge is 0.480 e. The first-order chi connectivity index (χ1) is 6.68. The van der Waals surface area contributed by atoms with E-state index in [9.17, 15) is 14.4 Å². The smallest absolute Gasteiger partial charge is 0.371 e. The number of ketones is 1. The molecule has 5 N–H and O–H groups in total. The van der Waals surface area contributed by atoms with E-state index in [1.165, 1.54) is 7.05 Å². The SMILES string of the molecule is CC(=O)C(=O)O.CN(CC(=O)O)C(=N)N. The van der Waals surface area contributed by atoms with Gasteiger partial charge in [0.15, 0.2) is 5.96 Å². The first kappa shape index (κ1) is 15.4. The minimum absolute atomic E-state index is 0.227. The average Bonchev–Trinajstić information content (AvgIpc) is 2.03. The summed E-state index contributed by atoms with van der Waals surface area (Å²) in [6.07, 6.45) is 0. The third-order valence-corrected chi connectivity index (χ3v) is 1.08. The van der Waals surface area contributed by atoms with Gasteiger partial charge in [0.25, 0.3) is 0 Å². The Morgan fingerprint density at radius 2 is 1.67 bits per heavy atom. The Morgan fingerprint density at radius 3 is 1.73 bits per heavy atom. The first-order valence-electron chi connectivity index (χ1n) is 3.69. The van der Waals surface area contributed by atoms with Gasteiger partial charge in [-0.05, 0) is 0 Å². The third kappa shape index (κ3) is 11.9. The molecule has 0 amide bonds. The lowest BCUT2D eigenvalue weighted by Crippen LogP contribution is -2.36. The molecule has 0 atom stereocenters. The number of rotatable bonds is 3. The normalized spacial score (nSPS) is 8.13. The van der Waals surface area contributed by atoms with Crippen molar-refractivity contribution < 1.29 is 24.6 Å². The molecule has 0 bridgehead atoms. The second-order valence-electron chi connectivity index (χ2n) is 2.50. The van der Waals surface area contributed by atoms with Gasteiger partial charge in [0.1, 0.15) is 6.54 Å². The van der Waals surface area contributed by atoms with Crippen molar-refractivity contribution in [2.24, 2.45) is 5.73 Å². The number of nitrogens with two attached hydrogens (primary N) is 1. The summed E-state index contributed by atoms with van der Waals surface area (Å²) in [5.41, 5.74) is 4.93. The number of nitrogens with one attached hydrogen (secondary N) is 1. The van der Waals surface area contributed by atoms with Crippen molar-refractivity contribution in [2.75, 3.05) is 13.6 Å². The molecule has 8 nitrogen and oxygen atoms in total. The lowest BCUT2D eigenvalue weighted by atomic mass is 10.5. The van der Waals surface area contributed by atoms with Gasteiger partial charge < -0.3 is 20.8 Å². The molecule has 0 aliphatic carbocycles. The van der Waals surface area contributed by atoms with Crippen molar-refractivity contribution in [3.05, 3.63) is 0 Å². The number of carboxylic acids is 2. The minimum Gasteiger partial charge on any atom is -0.480 e. The van der Waals surface area contributed by atoms with Crippen LogP contribution in [0.3, 0.4) is 0 Å². The van der Waals surface area contributed by atoms with Crippen LogP contribution < -0.4 is 5.73 Å². The number of carbonyl (C=O) groups excluding carboxylic acids is 1. The van der Waals surface area contributed by atoms with Crippen LogP contribution in [0.15, 0.2) is 0 Å². The van der Waals surface area contributed by atoms with Gasteiger partial charge in [-0.3, -0.25) is 15.0 Å². The molecule has 0 aromatic heterocycles. The maximum atomic E-state index is 9.92. The predicted octanol–water partition coefficient (Wildman–Crippen LogP) is -1.44. The second-order valence-corrected chi connectivity index (χ2v) is 2.50. The molecule has 0 heterocycles. The van der Waals surface area contributed by atoms with E-state index in [-0.39, 0.29) is 12.5 Å². The van der Waals surface area contributed by atoms with Gasteiger partial charge in [-0.2, -0.15) is 0 Å². The third-order valence-electron chi connectivity index (χ3n) is 1.08. The molecule has 0 saturated heterocycles. The fourth-order valence-electron chi connectivity index (χ4n) is 0.288. The number of carboxylic acid groups (broad SMARTS) is 2. The Kier molecular flexibility index (Phi) is 7.47. The maximum Gasteiger partial charge on any atom is 0.371 e. The summed E-state index contributed by atoms with van der Waals surface area (Å²) in [6, 6.07) is 0. The van der Waals surface area contributed by atoms with E-state index in [0.29, 0.717) is 0 Å². The van der Waals surface area contributed by atoms with Crippen LogP contribution in [0.4, 0.5) is 0 Å². The zero-order valence-corrected chi connectivity index (χ0v) is 8.35. The Bertz CT molecular complexity index is 264. The Morgan fingerprint density at radius 1 is 1.33 bits per heavy atom. The molecule has 0 saturated carbocycles. The van der Waals surface area contributed by atoms with Gasteiger partial charge in [0, 0.05) is 14.0 Å². The van der Waals surface area contributed by atoms with E-state index in [1.807, 2.05) is 0 Å².